The largest absolute Gasteiger partial charge is 0.497 e. The van der Waals surface area contributed by atoms with Crippen LogP contribution in [0.25, 0.3) is 0 Å². The summed E-state index contributed by atoms with van der Waals surface area (Å²) in [7, 11) is -2.12. The molecular weight excluding hydrogens is 292 g/mol. The molecule has 0 bridgehead atoms. The van der Waals surface area contributed by atoms with Gasteiger partial charge in [-0.2, -0.15) is 0 Å². The second kappa shape index (κ2) is 6.59. The molecule has 0 aliphatic heterocycles. The lowest BCUT2D eigenvalue weighted by Crippen LogP contribution is -2.26. The fourth-order valence-electron chi connectivity index (χ4n) is 1.87. The zero-order valence-corrected chi connectivity index (χ0v) is 12.5. The predicted octanol–water partition coefficient (Wildman–Crippen LogP) is 0.912. The van der Waals surface area contributed by atoms with Crippen molar-refractivity contribution in [1.82, 2.24) is 14.7 Å². The topological polar surface area (TPSA) is 110 Å². The molecule has 0 aliphatic carbocycles. The number of aromatic amines is 1. The highest BCUT2D eigenvalue weighted by Gasteiger charge is 2.17. The van der Waals surface area contributed by atoms with Gasteiger partial charge in [0.15, 0.2) is 0 Å². The molecule has 0 fully saturated rings. The Morgan fingerprint density at radius 1 is 1.43 bits per heavy atom. The molecule has 7 nitrogen and oxygen atoms in total. The van der Waals surface area contributed by atoms with Crippen LogP contribution in [-0.4, -0.2) is 32.0 Å². The van der Waals surface area contributed by atoms with Crippen LogP contribution >= 0.6 is 0 Å². The number of hydrogen-bond donors (Lipinski definition) is 3. The molecule has 0 amide bonds. The van der Waals surface area contributed by atoms with Crippen LogP contribution in [0.15, 0.2) is 35.5 Å². The highest BCUT2D eigenvalue weighted by Crippen LogP contribution is 2.23. The van der Waals surface area contributed by atoms with Gasteiger partial charge in [0.2, 0.25) is 10.0 Å². The maximum Gasteiger partial charge on any atom is 0.242 e. The lowest BCUT2D eigenvalue weighted by molar-refractivity contribution is 0.414. The Bertz CT molecular complexity index is 683. The molecular formula is C13H18N4O3S. The fraction of sp³-hybridized carbons (Fsp3) is 0.308. The molecule has 0 spiro atoms. The number of sulfonamides is 1. The second-order valence-corrected chi connectivity index (χ2v) is 6.18. The number of nitrogens with two attached hydrogens (primary N) is 1. The predicted molar refractivity (Wildman–Crippen MR) is 79.5 cm³/mol. The lowest BCUT2D eigenvalue weighted by Gasteiger charge is -2.10. The van der Waals surface area contributed by atoms with Crippen molar-refractivity contribution in [3.05, 3.63) is 36.4 Å². The van der Waals surface area contributed by atoms with Crippen molar-refractivity contribution in [2.45, 2.75) is 17.7 Å². The molecule has 21 heavy (non-hydrogen) atoms. The van der Waals surface area contributed by atoms with E-state index < -0.39 is 10.0 Å². The van der Waals surface area contributed by atoms with Crippen LogP contribution in [0.1, 0.15) is 12.2 Å². The summed E-state index contributed by atoms with van der Waals surface area (Å²) in [5.74, 6) is 1.35. The van der Waals surface area contributed by atoms with Gasteiger partial charge in [-0.1, -0.05) is 0 Å². The van der Waals surface area contributed by atoms with Gasteiger partial charge in [-0.15, -0.1) is 0 Å². The number of ether oxygens (including phenoxy) is 1. The van der Waals surface area contributed by atoms with Gasteiger partial charge in [0.1, 0.15) is 16.5 Å². The van der Waals surface area contributed by atoms with E-state index in [-0.39, 0.29) is 10.6 Å². The van der Waals surface area contributed by atoms with Crippen LogP contribution in [0.5, 0.6) is 5.75 Å². The smallest absolute Gasteiger partial charge is 0.242 e. The van der Waals surface area contributed by atoms with Crippen molar-refractivity contribution in [3.63, 3.8) is 0 Å². The molecule has 1 heterocycles. The Labute approximate surface area is 123 Å². The maximum atomic E-state index is 12.2. The Kier molecular flexibility index (Phi) is 4.81. The third-order valence-corrected chi connectivity index (χ3v) is 4.48. The number of H-pyrrole nitrogens is 1. The molecule has 114 valence electrons. The van der Waals surface area contributed by atoms with Gasteiger partial charge >= 0.3 is 0 Å². The van der Waals surface area contributed by atoms with Gasteiger partial charge < -0.3 is 15.5 Å². The first-order valence-corrected chi connectivity index (χ1v) is 7.92. The van der Waals surface area contributed by atoms with Crippen molar-refractivity contribution in [1.29, 1.82) is 0 Å². The summed E-state index contributed by atoms with van der Waals surface area (Å²) >= 11 is 0. The summed E-state index contributed by atoms with van der Waals surface area (Å²) in [4.78, 5) is 7.10. The standard InChI is InChI=1S/C13H18N4O3S/c1-20-10-4-5-12(11(14)9-10)21(18,19)17-6-2-3-13-15-7-8-16-13/h4-5,7-9,17H,2-3,6,14H2,1H3,(H,15,16). The molecule has 4 N–H and O–H groups in total. The Morgan fingerprint density at radius 3 is 2.86 bits per heavy atom. The Hall–Kier alpha value is -2.06. The van der Waals surface area contributed by atoms with Gasteiger partial charge in [0.25, 0.3) is 0 Å². The number of imidazole rings is 1. The summed E-state index contributed by atoms with van der Waals surface area (Å²) in [5.41, 5.74) is 5.91. The molecule has 0 atom stereocenters. The van der Waals surface area contributed by atoms with E-state index in [0.29, 0.717) is 25.1 Å². The summed E-state index contributed by atoms with van der Waals surface area (Å²) < 4.78 is 31.8. The minimum absolute atomic E-state index is 0.0568. The average molecular weight is 310 g/mol. The number of anilines is 1. The van der Waals surface area contributed by atoms with Gasteiger partial charge in [0.05, 0.1) is 12.8 Å². The second-order valence-electron chi connectivity index (χ2n) is 4.44. The summed E-state index contributed by atoms with van der Waals surface area (Å²) in [5, 5.41) is 0. The van der Waals surface area contributed by atoms with Crippen LogP contribution in [0, 0.1) is 0 Å². The molecule has 0 unspecified atom stereocenters. The SMILES string of the molecule is COc1ccc(S(=O)(=O)NCCCc2ncc[nH]2)c(N)c1. The van der Waals surface area contributed by atoms with E-state index in [1.54, 1.807) is 18.5 Å². The van der Waals surface area contributed by atoms with E-state index >= 15 is 0 Å². The zero-order valence-electron chi connectivity index (χ0n) is 11.7. The lowest BCUT2D eigenvalue weighted by atomic mass is 10.3. The first-order chi connectivity index (χ1) is 10.0. The minimum Gasteiger partial charge on any atom is -0.497 e. The van der Waals surface area contributed by atoms with E-state index in [9.17, 15) is 8.42 Å². The highest BCUT2D eigenvalue weighted by molar-refractivity contribution is 7.89. The highest BCUT2D eigenvalue weighted by atomic mass is 32.2. The summed E-state index contributed by atoms with van der Waals surface area (Å²) in [6, 6.07) is 4.48. The first-order valence-electron chi connectivity index (χ1n) is 6.44. The number of aryl methyl sites for hydroxylation is 1. The molecule has 1 aromatic heterocycles. The number of benzene rings is 1. The Morgan fingerprint density at radius 2 is 2.24 bits per heavy atom. The molecule has 0 radical (unpaired) electrons. The first kappa shape index (κ1) is 15.3. The number of aromatic nitrogens is 2. The van der Waals surface area contributed by atoms with Gasteiger partial charge in [-0.3, -0.25) is 0 Å². The molecule has 2 aromatic rings. The molecule has 2 rings (SSSR count). The summed E-state index contributed by atoms with van der Waals surface area (Å²) in [6.07, 6.45) is 4.71. The number of nitrogen functional groups attached to an aromatic ring is 1. The Balaban J connectivity index is 1.95. The zero-order chi connectivity index (χ0) is 15.3. The van der Waals surface area contributed by atoms with Crippen molar-refractivity contribution in [3.8, 4) is 5.75 Å². The van der Waals surface area contributed by atoms with Crippen molar-refractivity contribution in [2.24, 2.45) is 0 Å². The van der Waals surface area contributed by atoms with E-state index in [2.05, 4.69) is 14.7 Å². The molecule has 0 aliphatic rings. The van der Waals surface area contributed by atoms with Crippen molar-refractivity contribution < 1.29 is 13.2 Å². The molecule has 1 aromatic carbocycles. The van der Waals surface area contributed by atoms with Gasteiger partial charge in [0, 0.05) is 31.4 Å². The number of nitrogens with zero attached hydrogens (tertiary/aromatic N) is 1. The van der Waals surface area contributed by atoms with Crippen LogP contribution in [0.2, 0.25) is 0 Å². The third-order valence-electron chi connectivity index (χ3n) is 2.94. The molecule has 8 heteroatoms. The van der Waals surface area contributed by atoms with E-state index in [4.69, 9.17) is 10.5 Å². The number of nitrogens with one attached hydrogen (secondary N) is 2. The number of methoxy groups -OCH3 is 1. The van der Waals surface area contributed by atoms with Crippen LogP contribution < -0.4 is 15.2 Å². The van der Waals surface area contributed by atoms with Crippen LogP contribution in [0.3, 0.4) is 0 Å². The number of hydrogen-bond acceptors (Lipinski definition) is 5. The number of rotatable bonds is 7. The van der Waals surface area contributed by atoms with E-state index in [1.807, 2.05) is 0 Å². The van der Waals surface area contributed by atoms with Gasteiger partial charge in [-0.25, -0.2) is 18.1 Å². The fourth-order valence-corrected chi connectivity index (χ4v) is 3.06. The normalized spacial score (nSPS) is 11.5. The minimum atomic E-state index is -3.62. The van der Waals surface area contributed by atoms with Gasteiger partial charge in [-0.05, 0) is 18.6 Å². The monoisotopic (exact) mass is 310 g/mol. The maximum absolute atomic E-state index is 12.2. The van der Waals surface area contributed by atoms with E-state index in [1.165, 1.54) is 19.2 Å². The average Bonchev–Trinajstić information content (AvgIpc) is 2.96. The van der Waals surface area contributed by atoms with Crippen LogP contribution in [-0.2, 0) is 16.4 Å². The van der Waals surface area contributed by atoms with Crippen molar-refractivity contribution in [2.75, 3.05) is 19.4 Å². The van der Waals surface area contributed by atoms with Crippen LogP contribution in [0.4, 0.5) is 5.69 Å². The van der Waals surface area contributed by atoms with Crippen molar-refractivity contribution >= 4 is 15.7 Å². The molecule has 0 saturated carbocycles. The summed E-state index contributed by atoms with van der Waals surface area (Å²) in [6.45, 7) is 0.314. The third kappa shape index (κ3) is 3.96. The molecule has 0 saturated heterocycles. The van der Waals surface area contributed by atoms with E-state index in [0.717, 1.165) is 5.82 Å². The quantitative estimate of drug-likeness (QED) is 0.520.